The molecule has 1 atom stereocenters. The van der Waals surface area contributed by atoms with Gasteiger partial charge in [0, 0.05) is 6.42 Å². The molecule has 16 heavy (non-hydrogen) atoms. The molecule has 0 fully saturated rings. The molecule has 1 unspecified atom stereocenters. The second-order valence-electron chi connectivity index (χ2n) is 2.90. The first-order chi connectivity index (χ1) is 7.34. The molecule has 1 aromatic heterocycles. The Morgan fingerprint density at radius 2 is 1.88 bits per heavy atom. The van der Waals surface area contributed by atoms with Crippen LogP contribution in [0.15, 0.2) is 0 Å². The number of ketones is 1. The normalized spacial score (nSPS) is 12.5. The Balaban J connectivity index is 2.89. The summed E-state index contributed by atoms with van der Waals surface area (Å²) >= 11 is 18.0. The van der Waals surface area contributed by atoms with Crippen molar-refractivity contribution in [1.82, 2.24) is 0 Å². The van der Waals surface area contributed by atoms with Crippen molar-refractivity contribution in [3.05, 3.63) is 19.3 Å². The van der Waals surface area contributed by atoms with Crippen LogP contribution in [-0.2, 0) is 4.79 Å². The number of carboxylic acid groups (broad SMARTS) is 1. The highest BCUT2D eigenvalue weighted by Crippen LogP contribution is 2.40. The fraction of sp³-hybridized carbons (Fsp3) is 0.250. The van der Waals surface area contributed by atoms with E-state index in [-0.39, 0.29) is 25.7 Å². The highest BCUT2D eigenvalue weighted by Gasteiger charge is 2.23. The van der Waals surface area contributed by atoms with Gasteiger partial charge in [-0.3, -0.25) is 9.59 Å². The van der Waals surface area contributed by atoms with Crippen LogP contribution >= 0.6 is 46.1 Å². The Hall–Kier alpha value is -0.330. The van der Waals surface area contributed by atoms with Crippen LogP contribution in [0.3, 0.4) is 0 Å². The fourth-order valence-electron chi connectivity index (χ4n) is 0.924. The van der Waals surface area contributed by atoms with Crippen LogP contribution in [0.1, 0.15) is 16.1 Å². The molecule has 0 amide bonds. The van der Waals surface area contributed by atoms with Crippen molar-refractivity contribution in [2.45, 2.75) is 12.5 Å². The Kier molecular flexibility index (Phi) is 4.58. The van der Waals surface area contributed by atoms with E-state index in [1.807, 2.05) is 0 Å². The van der Waals surface area contributed by atoms with Gasteiger partial charge in [-0.05, 0) is 0 Å². The molecule has 0 aromatic carbocycles. The van der Waals surface area contributed by atoms with Gasteiger partial charge in [-0.25, -0.2) is 0 Å². The molecule has 0 aliphatic rings. The quantitative estimate of drug-likeness (QED) is 0.838. The number of Topliss-reactive ketones (excluding diaryl/α,β-unsaturated/α-hetero) is 1. The van der Waals surface area contributed by atoms with Crippen molar-refractivity contribution in [3.63, 3.8) is 0 Å². The molecule has 1 heterocycles. The van der Waals surface area contributed by atoms with Crippen molar-refractivity contribution < 1.29 is 14.7 Å². The molecular weight excluding hydrogens is 297 g/mol. The molecule has 0 saturated heterocycles. The summed E-state index contributed by atoms with van der Waals surface area (Å²) in [5.74, 6) is -1.74. The van der Waals surface area contributed by atoms with E-state index in [2.05, 4.69) is 0 Å². The largest absolute Gasteiger partial charge is 0.480 e. The van der Waals surface area contributed by atoms with E-state index in [0.29, 0.717) is 0 Å². The first-order valence-corrected chi connectivity index (χ1v) is 5.94. The average Bonchev–Trinajstić information content (AvgIpc) is 2.45. The van der Waals surface area contributed by atoms with Crippen LogP contribution in [0, 0.1) is 0 Å². The summed E-state index contributed by atoms with van der Waals surface area (Å²) in [6.45, 7) is 0. The lowest BCUT2D eigenvalue weighted by Gasteiger charge is -2.03. The van der Waals surface area contributed by atoms with E-state index in [0.717, 1.165) is 11.3 Å². The summed E-state index contributed by atoms with van der Waals surface area (Å²) in [6.07, 6.45) is -0.345. The number of thiophene rings is 1. The SMILES string of the molecule is NC(CC(=O)c1sc(Cl)c(Cl)c1Cl)C(=O)O. The molecule has 4 nitrogen and oxygen atoms in total. The molecule has 3 N–H and O–H groups in total. The van der Waals surface area contributed by atoms with Crippen molar-refractivity contribution in [2.24, 2.45) is 5.73 Å². The molecule has 0 radical (unpaired) electrons. The number of aliphatic carboxylic acids is 1. The topological polar surface area (TPSA) is 80.4 Å². The highest BCUT2D eigenvalue weighted by molar-refractivity contribution is 7.19. The Bertz CT molecular complexity index is 446. The number of nitrogens with two attached hydrogens (primary N) is 1. The van der Waals surface area contributed by atoms with Gasteiger partial charge in [0.05, 0.1) is 14.9 Å². The highest BCUT2D eigenvalue weighted by atomic mass is 35.5. The zero-order chi connectivity index (χ0) is 12.5. The van der Waals surface area contributed by atoms with Gasteiger partial charge in [-0.15, -0.1) is 11.3 Å². The minimum absolute atomic E-state index is 0.0410. The Morgan fingerprint density at radius 3 is 2.25 bits per heavy atom. The smallest absolute Gasteiger partial charge is 0.320 e. The standard InChI is InChI=1S/C8H6Cl3NO3S/c9-4-5(10)7(11)16-6(4)3(13)1-2(12)8(14)15/h2H,1,12H2,(H,14,15). The minimum atomic E-state index is -1.26. The van der Waals surface area contributed by atoms with E-state index in [4.69, 9.17) is 45.6 Å². The maximum Gasteiger partial charge on any atom is 0.320 e. The Labute approximate surface area is 110 Å². The maximum absolute atomic E-state index is 11.6. The molecule has 0 aliphatic carbocycles. The molecule has 1 aromatic rings. The van der Waals surface area contributed by atoms with Crippen LogP contribution < -0.4 is 5.73 Å². The molecule has 88 valence electrons. The molecule has 0 saturated carbocycles. The monoisotopic (exact) mass is 301 g/mol. The van der Waals surface area contributed by atoms with Gasteiger partial charge in [-0.1, -0.05) is 34.8 Å². The third-order valence-electron chi connectivity index (χ3n) is 1.73. The number of rotatable bonds is 4. The van der Waals surface area contributed by atoms with E-state index in [9.17, 15) is 9.59 Å². The average molecular weight is 303 g/mol. The van der Waals surface area contributed by atoms with Crippen LogP contribution in [0.5, 0.6) is 0 Å². The van der Waals surface area contributed by atoms with E-state index in [1.54, 1.807) is 0 Å². The summed E-state index contributed by atoms with van der Waals surface area (Å²) in [6, 6.07) is -1.26. The summed E-state index contributed by atoms with van der Waals surface area (Å²) < 4.78 is 0.193. The number of carboxylic acids is 1. The first-order valence-electron chi connectivity index (χ1n) is 3.99. The summed E-state index contributed by atoms with van der Waals surface area (Å²) in [4.78, 5) is 22.2. The predicted molar refractivity (Wildman–Crippen MR) is 63.9 cm³/mol. The molecule has 0 aliphatic heterocycles. The number of carbonyl (C=O) groups is 2. The van der Waals surface area contributed by atoms with Crippen molar-refractivity contribution >= 4 is 57.9 Å². The molecule has 0 spiro atoms. The molecule has 1 rings (SSSR count). The second-order valence-corrected chi connectivity index (χ2v) is 5.28. The summed E-state index contributed by atoms with van der Waals surface area (Å²) in [5.41, 5.74) is 5.22. The zero-order valence-corrected chi connectivity index (χ0v) is 10.8. The first kappa shape index (κ1) is 13.7. The lowest BCUT2D eigenvalue weighted by atomic mass is 10.1. The fourth-order valence-corrected chi connectivity index (χ4v) is 2.70. The summed E-state index contributed by atoms with van der Waals surface area (Å²) in [5, 5.41) is 8.69. The molecular formula is C8H6Cl3NO3S. The number of hydrogen-bond donors (Lipinski definition) is 2. The van der Waals surface area contributed by atoms with E-state index in [1.165, 1.54) is 0 Å². The number of carbonyl (C=O) groups excluding carboxylic acids is 1. The van der Waals surface area contributed by atoms with Gasteiger partial charge in [0.15, 0.2) is 5.78 Å². The zero-order valence-electron chi connectivity index (χ0n) is 7.67. The lowest BCUT2D eigenvalue weighted by Crippen LogP contribution is -2.32. The molecule has 0 bridgehead atoms. The minimum Gasteiger partial charge on any atom is -0.480 e. The van der Waals surface area contributed by atoms with E-state index >= 15 is 0 Å². The second kappa shape index (κ2) is 5.33. The van der Waals surface area contributed by atoms with E-state index < -0.39 is 17.8 Å². The number of hydrogen-bond acceptors (Lipinski definition) is 4. The van der Waals surface area contributed by atoms with Crippen LogP contribution in [0.2, 0.25) is 14.4 Å². The van der Waals surface area contributed by atoms with Gasteiger partial charge in [-0.2, -0.15) is 0 Å². The van der Waals surface area contributed by atoms with Crippen LogP contribution in [0.25, 0.3) is 0 Å². The van der Waals surface area contributed by atoms with Crippen LogP contribution in [0.4, 0.5) is 0 Å². The van der Waals surface area contributed by atoms with Gasteiger partial charge in [0.25, 0.3) is 0 Å². The third-order valence-corrected chi connectivity index (χ3v) is 4.35. The van der Waals surface area contributed by atoms with Crippen LogP contribution in [-0.4, -0.2) is 22.9 Å². The van der Waals surface area contributed by atoms with Crippen molar-refractivity contribution in [2.75, 3.05) is 0 Å². The Morgan fingerprint density at radius 1 is 1.31 bits per heavy atom. The third kappa shape index (κ3) is 2.87. The lowest BCUT2D eigenvalue weighted by molar-refractivity contribution is -0.138. The van der Waals surface area contributed by atoms with Crippen molar-refractivity contribution in [3.8, 4) is 0 Å². The molecule has 8 heteroatoms. The van der Waals surface area contributed by atoms with Gasteiger partial charge >= 0.3 is 5.97 Å². The maximum atomic E-state index is 11.6. The van der Waals surface area contributed by atoms with Crippen molar-refractivity contribution in [1.29, 1.82) is 0 Å². The predicted octanol–water partition coefficient (Wildman–Crippen LogP) is 2.69. The number of halogens is 3. The van der Waals surface area contributed by atoms with Gasteiger partial charge in [0.1, 0.15) is 10.4 Å². The van der Waals surface area contributed by atoms with Gasteiger partial charge < -0.3 is 10.8 Å². The van der Waals surface area contributed by atoms with Gasteiger partial charge in [0.2, 0.25) is 0 Å². The summed E-state index contributed by atoms with van der Waals surface area (Å²) in [7, 11) is 0.